The van der Waals surface area contributed by atoms with Crippen LogP contribution >= 0.6 is 7.82 Å². The van der Waals surface area contributed by atoms with Crippen LogP contribution in [0.2, 0.25) is 0 Å². The summed E-state index contributed by atoms with van der Waals surface area (Å²) in [5.41, 5.74) is 0. The highest BCUT2D eigenvalue weighted by atomic mass is 31.2. The third-order valence-electron chi connectivity index (χ3n) is 5.78. The van der Waals surface area contributed by atoms with Crippen LogP contribution in [-0.4, -0.2) is 41.0 Å². The van der Waals surface area contributed by atoms with Gasteiger partial charge in [-0.25, -0.2) is 4.57 Å². The van der Waals surface area contributed by atoms with Crippen molar-refractivity contribution in [1.29, 1.82) is 0 Å². The number of unbranched alkanes of at least 4 members (excludes halogenated alkanes) is 13. The predicted octanol–water partition coefficient (Wildman–Crippen LogP) is 7.17. The van der Waals surface area contributed by atoms with Gasteiger partial charge >= 0.3 is 19.8 Å². The van der Waals surface area contributed by atoms with Crippen molar-refractivity contribution in [3.8, 4) is 0 Å². The van der Waals surface area contributed by atoms with Crippen LogP contribution in [0.15, 0.2) is 12.2 Å². The number of carbonyl (C=O) groups is 2. The predicted molar refractivity (Wildman–Crippen MR) is 142 cm³/mol. The topological polar surface area (TPSA) is 119 Å². The van der Waals surface area contributed by atoms with Gasteiger partial charge in [-0.1, -0.05) is 90.2 Å². The van der Waals surface area contributed by atoms with E-state index in [1.165, 1.54) is 51.4 Å². The standard InChI is InChI=1S/C27H51O8P/c1-3-5-7-8-9-10-11-12-13-14-15-16-17-18-19-20-22-27(29)35-25(24-34-36(30,31)32)23-33-26(28)21-6-4-2/h13-14,25H,3-12,15-24H2,1-2H3,(H2,30,31,32)/b14-13-. The monoisotopic (exact) mass is 534 g/mol. The van der Waals surface area contributed by atoms with Crippen LogP contribution in [-0.2, 0) is 28.2 Å². The van der Waals surface area contributed by atoms with Crippen molar-refractivity contribution in [3.05, 3.63) is 12.2 Å². The van der Waals surface area contributed by atoms with Crippen LogP contribution in [0.25, 0.3) is 0 Å². The fraction of sp³-hybridized carbons (Fsp3) is 0.852. The molecule has 1 unspecified atom stereocenters. The summed E-state index contributed by atoms with van der Waals surface area (Å²) in [5.74, 6) is -0.936. The number of carbonyl (C=O) groups excluding carboxylic acids is 2. The van der Waals surface area contributed by atoms with Gasteiger partial charge in [0.2, 0.25) is 0 Å². The first-order valence-corrected chi connectivity index (χ1v) is 15.5. The lowest BCUT2D eigenvalue weighted by atomic mass is 10.1. The van der Waals surface area contributed by atoms with Crippen molar-refractivity contribution in [2.75, 3.05) is 13.2 Å². The van der Waals surface area contributed by atoms with Gasteiger partial charge in [0.25, 0.3) is 0 Å². The van der Waals surface area contributed by atoms with E-state index >= 15 is 0 Å². The first-order chi connectivity index (χ1) is 17.3. The van der Waals surface area contributed by atoms with Gasteiger partial charge in [-0.2, -0.15) is 0 Å². The molecular weight excluding hydrogens is 483 g/mol. The van der Waals surface area contributed by atoms with Gasteiger partial charge < -0.3 is 19.3 Å². The molecule has 0 spiro atoms. The Morgan fingerprint density at radius 3 is 1.75 bits per heavy atom. The molecule has 0 saturated heterocycles. The van der Waals surface area contributed by atoms with E-state index in [2.05, 4.69) is 23.6 Å². The maximum absolute atomic E-state index is 12.1. The smallest absolute Gasteiger partial charge is 0.462 e. The number of phosphoric acid groups is 1. The lowest BCUT2D eigenvalue weighted by Gasteiger charge is -2.18. The zero-order valence-corrected chi connectivity index (χ0v) is 23.6. The molecule has 0 heterocycles. The van der Waals surface area contributed by atoms with E-state index in [-0.39, 0.29) is 19.4 Å². The number of allylic oxidation sites excluding steroid dienone is 2. The summed E-state index contributed by atoms with van der Waals surface area (Å²) in [7, 11) is -4.72. The number of ether oxygens (including phenoxy) is 2. The van der Waals surface area contributed by atoms with Crippen molar-refractivity contribution in [2.24, 2.45) is 0 Å². The van der Waals surface area contributed by atoms with Crippen molar-refractivity contribution < 1.29 is 37.9 Å². The van der Waals surface area contributed by atoms with Crippen molar-refractivity contribution in [2.45, 2.75) is 136 Å². The van der Waals surface area contributed by atoms with E-state index < -0.39 is 32.5 Å². The highest BCUT2D eigenvalue weighted by Crippen LogP contribution is 2.35. The Bertz CT molecular complexity index is 617. The molecule has 0 aromatic carbocycles. The number of hydrogen-bond donors (Lipinski definition) is 2. The summed E-state index contributed by atoms with van der Waals surface area (Å²) in [4.78, 5) is 41.6. The second-order valence-corrected chi connectivity index (χ2v) is 10.6. The fourth-order valence-corrected chi connectivity index (χ4v) is 4.00. The molecule has 9 heteroatoms. The second-order valence-electron chi connectivity index (χ2n) is 9.37. The molecule has 0 aliphatic heterocycles. The summed E-state index contributed by atoms with van der Waals surface area (Å²) in [6.45, 7) is 3.36. The molecule has 212 valence electrons. The summed E-state index contributed by atoms with van der Waals surface area (Å²) in [6.07, 6.45) is 22.0. The Kier molecular flexibility index (Phi) is 23.3. The highest BCUT2D eigenvalue weighted by molar-refractivity contribution is 7.46. The maximum atomic E-state index is 12.1. The highest BCUT2D eigenvalue weighted by Gasteiger charge is 2.22. The molecule has 0 rings (SSSR count). The molecule has 1 atom stereocenters. The number of phosphoric ester groups is 1. The molecule has 0 amide bonds. The molecular formula is C27H51O8P. The minimum Gasteiger partial charge on any atom is -0.462 e. The van der Waals surface area contributed by atoms with Gasteiger partial charge in [-0.3, -0.25) is 14.1 Å². The summed E-state index contributed by atoms with van der Waals surface area (Å²) < 4.78 is 25.7. The van der Waals surface area contributed by atoms with Gasteiger partial charge in [-0.15, -0.1) is 0 Å². The van der Waals surface area contributed by atoms with Gasteiger partial charge in [0.05, 0.1) is 6.61 Å². The molecule has 0 aliphatic carbocycles. The SMILES string of the molecule is CCCCCCCCC/C=C\CCCCCCCC(=O)OC(COC(=O)CCCC)COP(=O)(O)O. The molecule has 8 nitrogen and oxygen atoms in total. The van der Waals surface area contributed by atoms with E-state index in [1.54, 1.807) is 0 Å². The zero-order valence-electron chi connectivity index (χ0n) is 22.7. The van der Waals surface area contributed by atoms with Crippen LogP contribution in [0.3, 0.4) is 0 Å². The van der Waals surface area contributed by atoms with E-state index in [0.29, 0.717) is 12.8 Å². The van der Waals surface area contributed by atoms with Crippen molar-refractivity contribution >= 4 is 19.8 Å². The zero-order chi connectivity index (χ0) is 26.9. The first-order valence-electron chi connectivity index (χ1n) is 14.0. The van der Waals surface area contributed by atoms with E-state index in [4.69, 9.17) is 19.3 Å². The number of esters is 2. The minimum atomic E-state index is -4.72. The second kappa shape index (κ2) is 24.1. The quantitative estimate of drug-likeness (QED) is 0.0547. The lowest BCUT2D eigenvalue weighted by Crippen LogP contribution is -2.29. The fourth-order valence-electron chi connectivity index (χ4n) is 3.64. The first kappa shape index (κ1) is 34.8. The number of rotatable bonds is 25. The van der Waals surface area contributed by atoms with E-state index in [0.717, 1.165) is 38.5 Å². The molecule has 36 heavy (non-hydrogen) atoms. The Hall–Kier alpha value is -1.21. The van der Waals surface area contributed by atoms with Crippen LogP contribution in [0.4, 0.5) is 0 Å². The summed E-state index contributed by atoms with van der Waals surface area (Å²) in [6, 6.07) is 0. The molecule has 0 aromatic rings. The molecule has 0 radical (unpaired) electrons. The molecule has 0 fully saturated rings. The maximum Gasteiger partial charge on any atom is 0.469 e. The van der Waals surface area contributed by atoms with Gasteiger partial charge in [0, 0.05) is 12.8 Å². The van der Waals surface area contributed by atoms with Gasteiger partial charge in [-0.05, 0) is 38.5 Å². The number of hydrogen-bond acceptors (Lipinski definition) is 6. The minimum absolute atomic E-state index is 0.203. The van der Waals surface area contributed by atoms with Gasteiger partial charge in [0.15, 0.2) is 6.10 Å². The van der Waals surface area contributed by atoms with Crippen LogP contribution < -0.4 is 0 Å². The Morgan fingerprint density at radius 1 is 0.694 bits per heavy atom. The van der Waals surface area contributed by atoms with E-state index in [9.17, 15) is 14.2 Å². The molecule has 0 saturated carbocycles. The third kappa shape index (κ3) is 25.9. The van der Waals surface area contributed by atoms with Gasteiger partial charge in [0.1, 0.15) is 6.61 Å². The van der Waals surface area contributed by atoms with Crippen molar-refractivity contribution in [1.82, 2.24) is 0 Å². The molecule has 0 aliphatic rings. The largest absolute Gasteiger partial charge is 0.469 e. The summed E-state index contributed by atoms with van der Waals surface area (Å²) >= 11 is 0. The Balaban J connectivity index is 3.88. The third-order valence-corrected chi connectivity index (χ3v) is 6.27. The molecule has 2 N–H and O–H groups in total. The lowest BCUT2D eigenvalue weighted by molar-refractivity contribution is -0.161. The normalized spacial score (nSPS) is 12.7. The van der Waals surface area contributed by atoms with Crippen LogP contribution in [0.1, 0.15) is 129 Å². The van der Waals surface area contributed by atoms with Crippen molar-refractivity contribution in [3.63, 3.8) is 0 Å². The Labute approximate surface area is 218 Å². The molecule has 0 aromatic heterocycles. The average Bonchev–Trinajstić information content (AvgIpc) is 2.83. The van der Waals surface area contributed by atoms with Crippen LogP contribution in [0.5, 0.6) is 0 Å². The average molecular weight is 535 g/mol. The van der Waals surface area contributed by atoms with E-state index in [1.807, 2.05) is 6.92 Å². The Morgan fingerprint density at radius 2 is 1.19 bits per heavy atom. The van der Waals surface area contributed by atoms with Crippen LogP contribution in [0, 0.1) is 0 Å². The summed E-state index contributed by atoms with van der Waals surface area (Å²) in [5, 5.41) is 0. The molecule has 0 bridgehead atoms.